The molecule has 0 saturated carbocycles. The molecule has 6 atom stereocenters. The lowest BCUT2D eigenvalue weighted by atomic mass is 9.82. The number of nitrogens with zero attached hydrogens (tertiary/aromatic N) is 1. The van der Waals surface area contributed by atoms with E-state index in [1.807, 2.05) is 0 Å². The Bertz CT molecular complexity index is 1020. The van der Waals surface area contributed by atoms with Crippen LogP contribution in [0.2, 0.25) is 0 Å². The third kappa shape index (κ3) is 6.05. The van der Waals surface area contributed by atoms with Crippen molar-refractivity contribution in [3.05, 3.63) is 12.3 Å². The molecule has 13 heteroatoms. The summed E-state index contributed by atoms with van der Waals surface area (Å²) in [5.74, 6) is -0.359. The average molecular weight is 527 g/mol. The van der Waals surface area contributed by atoms with Crippen molar-refractivity contribution in [2.75, 3.05) is 20.3 Å². The second-order valence-electron chi connectivity index (χ2n) is 9.07. The second-order valence-corrected chi connectivity index (χ2v) is 10.7. The maximum absolute atomic E-state index is 13.2. The Balaban J connectivity index is 1.68. The summed E-state index contributed by atoms with van der Waals surface area (Å²) in [7, 11) is -2.94. The highest BCUT2D eigenvalue weighted by Crippen LogP contribution is 2.59. The maximum Gasteiger partial charge on any atom is 0.475 e. The van der Waals surface area contributed by atoms with Crippen molar-refractivity contribution in [1.29, 1.82) is 0 Å². The highest BCUT2D eigenvalue weighted by atomic mass is 31.2. The number of allylic oxidation sites excluding steroid dienone is 1. The van der Waals surface area contributed by atoms with Gasteiger partial charge in [-0.2, -0.15) is 0 Å². The Morgan fingerprint density at radius 3 is 2.69 bits per heavy atom. The predicted molar refractivity (Wildman–Crippen MR) is 122 cm³/mol. The molecule has 1 amide bonds. The van der Waals surface area contributed by atoms with Gasteiger partial charge in [0, 0.05) is 6.20 Å². The van der Waals surface area contributed by atoms with Gasteiger partial charge in [0.2, 0.25) is 5.91 Å². The van der Waals surface area contributed by atoms with Gasteiger partial charge in [0.1, 0.15) is 17.6 Å². The van der Waals surface area contributed by atoms with E-state index in [2.05, 4.69) is 10.7 Å². The standard InChI is InChI=1S/C23H30NO11P/c1-6-23(4)20-17(34-22(23)24-9-7-16(25)12-18(24)26)13-32-36(29,35-20)31-10-8-15(11-19(27)30-5)21(28)33-14(2)3/h1,7,9,14-15,17,20,22H,8,10-13H2,2-5H3/t15-,17-,20-,22-,23-,36-/m1/s1. The van der Waals surface area contributed by atoms with E-state index < -0.39 is 61.5 Å². The number of fused-ring (bicyclic) bond motifs is 1. The highest BCUT2D eigenvalue weighted by molar-refractivity contribution is 7.48. The molecular weight excluding hydrogens is 497 g/mol. The van der Waals surface area contributed by atoms with E-state index in [-0.39, 0.29) is 38.3 Å². The molecule has 3 aliphatic heterocycles. The number of hydrogen-bond acceptors (Lipinski definition) is 11. The molecule has 0 N–H and O–H groups in total. The van der Waals surface area contributed by atoms with Crippen LogP contribution >= 0.6 is 7.82 Å². The van der Waals surface area contributed by atoms with Crippen LogP contribution in [0.15, 0.2) is 12.3 Å². The summed E-state index contributed by atoms with van der Waals surface area (Å²) in [6.07, 6.45) is 4.69. The zero-order chi connectivity index (χ0) is 26.7. The van der Waals surface area contributed by atoms with E-state index in [0.29, 0.717) is 0 Å². The molecule has 12 nitrogen and oxygen atoms in total. The van der Waals surface area contributed by atoms with Gasteiger partial charge in [-0.25, -0.2) is 4.57 Å². The van der Waals surface area contributed by atoms with Gasteiger partial charge in [-0.05, 0) is 33.3 Å². The van der Waals surface area contributed by atoms with E-state index >= 15 is 0 Å². The topological polar surface area (TPSA) is 144 Å². The van der Waals surface area contributed by atoms with Crippen molar-refractivity contribution < 1.29 is 51.5 Å². The van der Waals surface area contributed by atoms with E-state index in [1.165, 1.54) is 24.3 Å². The smallest absolute Gasteiger partial charge is 0.469 e. The first-order valence-corrected chi connectivity index (χ1v) is 12.9. The lowest BCUT2D eigenvalue weighted by Gasteiger charge is -2.37. The molecule has 0 spiro atoms. The summed E-state index contributed by atoms with van der Waals surface area (Å²) < 4.78 is 45.4. The van der Waals surface area contributed by atoms with Crippen LogP contribution in [0, 0.1) is 23.7 Å². The van der Waals surface area contributed by atoms with Crippen LogP contribution in [-0.4, -0.2) is 73.4 Å². The van der Waals surface area contributed by atoms with Gasteiger partial charge < -0.3 is 14.2 Å². The molecule has 3 rings (SSSR count). The van der Waals surface area contributed by atoms with Crippen LogP contribution in [0.3, 0.4) is 0 Å². The van der Waals surface area contributed by atoms with Gasteiger partial charge in [-0.15, -0.1) is 6.42 Å². The van der Waals surface area contributed by atoms with Gasteiger partial charge in [0.15, 0.2) is 12.0 Å². The number of terminal acetylenes is 1. The van der Waals surface area contributed by atoms with Crippen molar-refractivity contribution in [1.82, 2.24) is 4.90 Å². The minimum Gasteiger partial charge on any atom is -0.469 e. The number of hydrogen-bond donors (Lipinski definition) is 0. The Kier molecular flexibility index (Phi) is 8.75. The molecule has 0 aromatic carbocycles. The zero-order valence-corrected chi connectivity index (χ0v) is 21.4. The third-order valence-corrected chi connectivity index (χ3v) is 7.47. The largest absolute Gasteiger partial charge is 0.475 e. The van der Waals surface area contributed by atoms with Crippen LogP contribution in [0.5, 0.6) is 0 Å². The molecule has 0 bridgehead atoms. The third-order valence-electron chi connectivity index (χ3n) is 6.02. The number of ketones is 1. The number of phosphoric acid groups is 1. The van der Waals surface area contributed by atoms with Gasteiger partial charge in [-0.3, -0.25) is 37.6 Å². The van der Waals surface area contributed by atoms with E-state index in [9.17, 15) is 23.7 Å². The molecule has 3 aliphatic rings. The summed E-state index contributed by atoms with van der Waals surface area (Å²) in [6, 6.07) is 0. The number of methoxy groups -OCH3 is 1. The van der Waals surface area contributed by atoms with Crippen molar-refractivity contribution in [2.24, 2.45) is 11.3 Å². The number of phosphoric ester groups is 1. The van der Waals surface area contributed by atoms with Crippen molar-refractivity contribution in [3.63, 3.8) is 0 Å². The molecule has 0 aromatic rings. The molecule has 2 fully saturated rings. The summed E-state index contributed by atoms with van der Waals surface area (Å²) in [6.45, 7) is 4.51. The Morgan fingerprint density at radius 1 is 1.36 bits per heavy atom. The molecule has 0 radical (unpaired) electrons. The van der Waals surface area contributed by atoms with E-state index in [0.717, 1.165) is 0 Å². The Morgan fingerprint density at radius 2 is 2.08 bits per heavy atom. The normalized spacial score (nSPS) is 32.7. The number of carbonyl (C=O) groups is 4. The monoisotopic (exact) mass is 527 g/mol. The summed E-state index contributed by atoms with van der Waals surface area (Å²) in [5.41, 5.74) is -1.25. The molecule has 0 aliphatic carbocycles. The first-order chi connectivity index (χ1) is 16.9. The Hall–Kier alpha value is -2.55. The van der Waals surface area contributed by atoms with Crippen molar-refractivity contribution in [2.45, 2.75) is 64.6 Å². The van der Waals surface area contributed by atoms with Gasteiger partial charge in [0.05, 0.1) is 45.2 Å². The SMILES string of the molecule is C#C[C@]1(C)[C@@H]2O[P@](=O)(OCC[C@H](CC(=O)OC)C(=O)OC(C)C)OC[C@H]2O[C@H]1N1C=CC(=O)CC1=O. The fourth-order valence-corrected chi connectivity index (χ4v) is 5.58. The quantitative estimate of drug-likeness (QED) is 0.187. The lowest BCUT2D eigenvalue weighted by Crippen LogP contribution is -2.49. The fourth-order valence-electron chi connectivity index (χ4n) is 4.10. The van der Waals surface area contributed by atoms with Crippen LogP contribution in [0.1, 0.15) is 40.0 Å². The van der Waals surface area contributed by atoms with Crippen LogP contribution in [-0.2, 0) is 51.5 Å². The van der Waals surface area contributed by atoms with Gasteiger partial charge in [0.25, 0.3) is 0 Å². The molecule has 0 unspecified atom stereocenters. The van der Waals surface area contributed by atoms with E-state index in [1.54, 1.807) is 20.8 Å². The average Bonchev–Trinajstić information content (AvgIpc) is 3.09. The summed E-state index contributed by atoms with van der Waals surface area (Å²) in [5, 5.41) is 0. The predicted octanol–water partition coefficient (Wildman–Crippen LogP) is 1.73. The summed E-state index contributed by atoms with van der Waals surface area (Å²) in [4.78, 5) is 49.3. The number of amides is 1. The molecule has 3 heterocycles. The van der Waals surface area contributed by atoms with Crippen LogP contribution < -0.4 is 0 Å². The second kappa shape index (κ2) is 11.2. The number of carbonyl (C=O) groups excluding carboxylic acids is 4. The fraction of sp³-hybridized carbons (Fsp3) is 0.652. The number of esters is 2. The van der Waals surface area contributed by atoms with Crippen LogP contribution in [0.4, 0.5) is 0 Å². The maximum atomic E-state index is 13.2. The minimum absolute atomic E-state index is 0.0158. The van der Waals surface area contributed by atoms with Gasteiger partial charge >= 0.3 is 19.8 Å². The molecule has 2 saturated heterocycles. The lowest BCUT2D eigenvalue weighted by molar-refractivity contribution is -0.157. The zero-order valence-electron chi connectivity index (χ0n) is 20.5. The molecule has 36 heavy (non-hydrogen) atoms. The molecule has 0 aromatic heterocycles. The summed E-state index contributed by atoms with van der Waals surface area (Å²) >= 11 is 0. The van der Waals surface area contributed by atoms with Crippen molar-refractivity contribution >= 4 is 31.5 Å². The molecular formula is C23H30NO11P. The van der Waals surface area contributed by atoms with Crippen molar-refractivity contribution in [3.8, 4) is 12.3 Å². The van der Waals surface area contributed by atoms with E-state index in [4.69, 9.17) is 29.5 Å². The Labute approximate surface area is 209 Å². The highest BCUT2D eigenvalue weighted by Gasteiger charge is 2.61. The number of ether oxygens (including phenoxy) is 3. The first kappa shape index (κ1) is 28.0. The van der Waals surface area contributed by atoms with Crippen LogP contribution in [0.25, 0.3) is 0 Å². The molecule has 198 valence electrons. The van der Waals surface area contributed by atoms with Gasteiger partial charge in [-0.1, -0.05) is 5.92 Å². The number of rotatable bonds is 9. The minimum atomic E-state index is -4.14. The first-order valence-electron chi connectivity index (χ1n) is 11.4.